The zero-order valence-electron chi connectivity index (χ0n) is 13.4. The zero-order chi connectivity index (χ0) is 15.6. The van der Waals surface area contributed by atoms with Crippen LogP contribution in [0.5, 0.6) is 0 Å². The lowest BCUT2D eigenvalue weighted by atomic mass is 10.1. The molecule has 2 aromatic rings. The number of hydrogen-bond donors (Lipinski definition) is 2. The summed E-state index contributed by atoms with van der Waals surface area (Å²) < 4.78 is 0. The van der Waals surface area contributed by atoms with Crippen molar-refractivity contribution in [2.75, 3.05) is 25.6 Å². The molecule has 0 aliphatic heterocycles. The van der Waals surface area contributed by atoms with Crippen LogP contribution in [0.2, 0.25) is 0 Å². The fourth-order valence-corrected chi connectivity index (χ4v) is 2.83. The number of fused-ring (bicyclic) bond motifs is 1. The number of hydrogen-bond acceptors (Lipinski definition) is 2. The first kappa shape index (κ1) is 16.7. The van der Waals surface area contributed by atoms with Gasteiger partial charge in [0.1, 0.15) is 0 Å². The van der Waals surface area contributed by atoms with Crippen LogP contribution < -0.4 is 10.6 Å². The molecule has 0 aromatic heterocycles. The predicted octanol–water partition coefficient (Wildman–Crippen LogP) is 3.65. The Kier molecular flexibility index (Phi) is 7.10. The van der Waals surface area contributed by atoms with Crippen LogP contribution in [0.25, 0.3) is 10.8 Å². The Morgan fingerprint density at radius 2 is 1.86 bits per heavy atom. The van der Waals surface area contributed by atoms with Gasteiger partial charge in [0, 0.05) is 20.1 Å². The van der Waals surface area contributed by atoms with Gasteiger partial charge in [-0.1, -0.05) is 36.4 Å². The molecule has 0 spiro atoms. The van der Waals surface area contributed by atoms with Crippen molar-refractivity contribution < 1.29 is 0 Å². The quantitative estimate of drug-likeness (QED) is 0.465. The number of guanidine groups is 1. The third-order valence-corrected chi connectivity index (χ3v) is 4.26. The van der Waals surface area contributed by atoms with Crippen molar-refractivity contribution in [1.82, 2.24) is 10.6 Å². The molecule has 0 aliphatic carbocycles. The van der Waals surface area contributed by atoms with E-state index in [1.165, 1.54) is 34.9 Å². The lowest BCUT2D eigenvalue weighted by Gasteiger charge is -2.12. The normalized spacial score (nSPS) is 11.6. The highest BCUT2D eigenvalue weighted by Crippen LogP contribution is 2.15. The molecule has 0 radical (unpaired) electrons. The van der Waals surface area contributed by atoms with E-state index in [2.05, 4.69) is 64.3 Å². The lowest BCUT2D eigenvalue weighted by Crippen LogP contribution is -2.37. The van der Waals surface area contributed by atoms with Crippen molar-refractivity contribution >= 4 is 28.5 Å². The molecule has 3 nitrogen and oxygen atoms in total. The fraction of sp³-hybridized carbons (Fsp3) is 0.389. The van der Waals surface area contributed by atoms with Gasteiger partial charge in [0.2, 0.25) is 0 Å². The molecule has 0 fully saturated rings. The summed E-state index contributed by atoms with van der Waals surface area (Å²) in [5.74, 6) is 2.10. The topological polar surface area (TPSA) is 36.4 Å². The Hall–Kier alpha value is -1.68. The van der Waals surface area contributed by atoms with Gasteiger partial charge in [-0.05, 0) is 47.3 Å². The minimum atomic E-state index is 0.787. The molecule has 0 aliphatic rings. The minimum absolute atomic E-state index is 0.787. The largest absolute Gasteiger partial charge is 0.356 e. The van der Waals surface area contributed by atoms with Crippen molar-refractivity contribution in [2.24, 2.45) is 4.99 Å². The first-order valence-electron chi connectivity index (χ1n) is 7.74. The summed E-state index contributed by atoms with van der Waals surface area (Å²) in [5, 5.41) is 9.30. The minimum Gasteiger partial charge on any atom is -0.356 e. The summed E-state index contributed by atoms with van der Waals surface area (Å²) in [7, 11) is 1.82. The van der Waals surface area contributed by atoms with Gasteiger partial charge in [0.05, 0.1) is 0 Å². The number of thioether (sulfide) groups is 1. The van der Waals surface area contributed by atoms with Gasteiger partial charge in [0.25, 0.3) is 0 Å². The number of unbranched alkanes of at least 4 members (excludes halogenated alkanes) is 1. The van der Waals surface area contributed by atoms with Crippen LogP contribution in [0.1, 0.15) is 18.4 Å². The van der Waals surface area contributed by atoms with E-state index in [1.54, 1.807) is 0 Å². The van der Waals surface area contributed by atoms with Crippen molar-refractivity contribution in [2.45, 2.75) is 19.4 Å². The van der Waals surface area contributed by atoms with Crippen molar-refractivity contribution in [1.29, 1.82) is 0 Å². The smallest absolute Gasteiger partial charge is 0.191 e. The molecule has 0 bridgehead atoms. The molecule has 0 saturated heterocycles. The first-order chi connectivity index (χ1) is 10.8. The van der Waals surface area contributed by atoms with Crippen LogP contribution in [0.3, 0.4) is 0 Å². The lowest BCUT2D eigenvalue weighted by molar-refractivity contribution is 0.733. The van der Waals surface area contributed by atoms with E-state index in [1.807, 2.05) is 18.8 Å². The maximum Gasteiger partial charge on any atom is 0.191 e. The Morgan fingerprint density at radius 1 is 1.05 bits per heavy atom. The SMILES string of the molecule is CN=C(NCCCCSC)NCc1ccc2ccccc2c1. The highest BCUT2D eigenvalue weighted by Gasteiger charge is 1.99. The zero-order valence-corrected chi connectivity index (χ0v) is 14.2. The maximum absolute atomic E-state index is 4.27. The number of nitrogens with zero attached hydrogens (tertiary/aromatic N) is 1. The third-order valence-electron chi connectivity index (χ3n) is 3.57. The summed E-state index contributed by atoms with van der Waals surface area (Å²) in [6.07, 6.45) is 4.57. The maximum atomic E-state index is 4.27. The van der Waals surface area contributed by atoms with Crippen molar-refractivity contribution in [3.05, 3.63) is 48.0 Å². The van der Waals surface area contributed by atoms with E-state index in [4.69, 9.17) is 0 Å². The van der Waals surface area contributed by atoms with Crippen LogP contribution in [-0.4, -0.2) is 31.6 Å². The predicted molar refractivity (Wildman–Crippen MR) is 99.8 cm³/mol. The van der Waals surface area contributed by atoms with E-state index >= 15 is 0 Å². The van der Waals surface area contributed by atoms with E-state index in [0.717, 1.165) is 19.0 Å². The molecule has 0 saturated carbocycles. The van der Waals surface area contributed by atoms with Crippen LogP contribution in [-0.2, 0) is 6.54 Å². The molecule has 4 heteroatoms. The molecule has 118 valence electrons. The number of nitrogens with one attached hydrogen (secondary N) is 2. The molecule has 2 rings (SSSR count). The van der Waals surface area contributed by atoms with Crippen LogP contribution in [0, 0.1) is 0 Å². The number of aliphatic imine (C=N–C) groups is 1. The van der Waals surface area contributed by atoms with Gasteiger partial charge >= 0.3 is 0 Å². The van der Waals surface area contributed by atoms with Crippen molar-refractivity contribution in [3.63, 3.8) is 0 Å². The van der Waals surface area contributed by atoms with Crippen LogP contribution in [0.4, 0.5) is 0 Å². The van der Waals surface area contributed by atoms with Gasteiger partial charge in [-0.3, -0.25) is 4.99 Å². The summed E-state index contributed by atoms with van der Waals surface area (Å²) in [6.45, 7) is 1.76. The summed E-state index contributed by atoms with van der Waals surface area (Å²) in [4.78, 5) is 4.27. The Bertz CT molecular complexity index is 610. The van der Waals surface area contributed by atoms with Crippen LogP contribution in [0.15, 0.2) is 47.5 Å². The highest BCUT2D eigenvalue weighted by molar-refractivity contribution is 7.98. The third kappa shape index (κ3) is 5.26. The molecule has 22 heavy (non-hydrogen) atoms. The second kappa shape index (κ2) is 9.36. The Morgan fingerprint density at radius 3 is 2.64 bits per heavy atom. The van der Waals surface area contributed by atoms with Gasteiger partial charge in [-0.25, -0.2) is 0 Å². The van der Waals surface area contributed by atoms with Crippen LogP contribution >= 0.6 is 11.8 Å². The molecule has 0 heterocycles. The monoisotopic (exact) mass is 315 g/mol. The average Bonchev–Trinajstić information content (AvgIpc) is 2.57. The molecule has 0 unspecified atom stereocenters. The second-order valence-corrected chi connectivity index (χ2v) is 6.22. The molecule has 2 N–H and O–H groups in total. The highest BCUT2D eigenvalue weighted by atomic mass is 32.2. The molecular weight excluding hydrogens is 290 g/mol. The summed E-state index contributed by atoms with van der Waals surface area (Å²) in [5.41, 5.74) is 1.27. The van der Waals surface area contributed by atoms with E-state index in [0.29, 0.717) is 0 Å². The molecular formula is C18H25N3S. The first-order valence-corrected chi connectivity index (χ1v) is 9.14. The van der Waals surface area contributed by atoms with Gasteiger partial charge < -0.3 is 10.6 Å². The van der Waals surface area contributed by atoms with E-state index in [9.17, 15) is 0 Å². The summed E-state index contributed by atoms with van der Waals surface area (Å²) >= 11 is 1.90. The Labute approximate surface area is 137 Å². The van der Waals surface area contributed by atoms with Gasteiger partial charge in [-0.2, -0.15) is 11.8 Å². The second-order valence-electron chi connectivity index (χ2n) is 5.23. The van der Waals surface area contributed by atoms with Gasteiger partial charge in [0.15, 0.2) is 5.96 Å². The molecule has 0 atom stereocenters. The number of rotatable bonds is 7. The van der Waals surface area contributed by atoms with E-state index in [-0.39, 0.29) is 0 Å². The Balaban J connectivity index is 1.81. The standard InChI is InChI=1S/C18H25N3S/c1-19-18(20-11-5-6-12-22-2)21-14-15-9-10-16-7-3-4-8-17(16)13-15/h3-4,7-10,13H,5-6,11-12,14H2,1-2H3,(H2,19,20,21). The molecule has 2 aromatic carbocycles. The number of benzene rings is 2. The van der Waals surface area contributed by atoms with E-state index < -0.39 is 0 Å². The average molecular weight is 315 g/mol. The fourth-order valence-electron chi connectivity index (χ4n) is 2.33. The van der Waals surface area contributed by atoms with Gasteiger partial charge in [-0.15, -0.1) is 0 Å². The van der Waals surface area contributed by atoms with Crippen molar-refractivity contribution in [3.8, 4) is 0 Å². The molecule has 0 amide bonds. The summed E-state index contributed by atoms with van der Waals surface area (Å²) in [6, 6.07) is 15.0.